The van der Waals surface area contributed by atoms with Gasteiger partial charge >= 0.3 is 5.97 Å². The Morgan fingerprint density at radius 3 is 2.54 bits per heavy atom. The summed E-state index contributed by atoms with van der Waals surface area (Å²) >= 11 is 0. The minimum atomic E-state index is -0.368. The van der Waals surface area contributed by atoms with Crippen molar-refractivity contribution < 1.29 is 28.1 Å². The maximum Gasteiger partial charge on any atom is 0.306 e. The molecule has 2 heterocycles. The molecule has 6 rings (SSSR count). The highest BCUT2D eigenvalue weighted by Gasteiger charge is 2.32. The van der Waals surface area contributed by atoms with Crippen LogP contribution in [-0.4, -0.2) is 32.9 Å². The molecule has 39 heavy (non-hydrogen) atoms. The normalized spacial score (nSPS) is 20.3. The van der Waals surface area contributed by atoms with E-state index in [9.17, 15) is 4.79 Å². The Balaban J connectivity index is 1.27. The zero-order valence-corrected chi connectivity index (χ0v) is 22.8. The van der Waals surface area contributed by atoms with Crippen LogP contribution in [0, 0.1) is 19.7 Å². The number of carbonyl (C=O) groups is 1. The summed E-state index contributed by atoms with van der Waals surface area (Å²) in [4.78, 5) is 11.7. The zero-order valence-electron chi connectivity index (χ0n) is 22.8. The molecule has 0 amide bonds. The van der Waals surface area contributed by atoms with Crippen LogP contribution in [0.5, 0.6) is 11.5 Å². The largest absolute Gasteiger partial charge is 0.492 e. The highest BCUT2D eigenvalue weighted by Crippen LogP contribution is 2.45. The third-order valence-electron chi connectivity index (χ3n) is 8.58. The Hall–Kier alpha value is -3.38. The molecule has 1 aliphatic carbocycles. The first-order valence-electron chi connectivity index (χ1n) is 13.9. The number of methoxy groups -OCH3 is 1. The second-order valence-corrected chi connectivity index (χ2v) is 11.0. The molecule has 0 bridgehead atoms. The fourth-order valence-corrected chi connectivity index (χ4v) is 6.66. The molecule has 0 spiro atoms. The van der Waals surface area contributed by atoms with Crippen LogP contribution in [0.2, 0.25) is 0 Å². The average Bonchev–Trinajstić information content (AvgIpc) is 3.54. The van der Waals surface area contributed by atoms with Crippen LogP contribution in [-0.2, 0) is 20.7 Å². The molecule has 2 atom stereocenters. The number of rotatable bonds is 6. The van der Waals surface area contributed by atoms with Crippen LogP contribution >= 0.6 is 0 Å². The van der Waals surface area contributed by atoms with E-state index < -0.39 is 0 Å². The average molecular weight is 531 g/mol. The Morgan fingerprint density at radius 1 is 1.03 bits per heavy atom. The number of carbonyl (C=O) groups excluding carboxylic acids is 1. The molecule has 1 saturated heterocycles. The van der Waals surface area contributed by atoms with Gasteiger partial charge in [-0.25, -0.2) is 4.39 Å². The standard InChI is InChI=1S/C33H35FO5/c1-19-14-22(21-10-12-37-13-11-21)15-20(2)32(19)26-6-8-28(34)33-27(26)7-9-29(33)39-24-4-5-25-23(16-31(35)36-3)18-38-30(25)17-24/h4-6,8,14-15,17,21,23,29H,7,9-13,16,18H2,1-3H3/t23?,29-/m1/s1. The van der Waals surface area contributed by atoms with E-state index in [1.807, 2.05) is 24.3 Å². The van der Waals surface area contributed by atoms with Crippen LogP contribution in [0.4, 0.5) is 4.39 Å². The molecule has 3 aliphatic rings. The van der Waals surface area contributed by atoms with Crippen molar-refractivity contribution in [2.75, 3.05) is 26.9 Å². The van der Waals surface area contributed by atoms with Gasteiger partial charge in [-0.15, -0.1) is 0 Å². The quantitative estimate of drug-likeness (QED) is 0.318. The Kier molecular flexibility index (Phi) is 7.06. The van der Waals surface area contributed by atoms with Gasteiger partial charge in [-0.3, -0.25) is 4.79 Å². The molecule has 204 valence electrons. The lowest BCUT2D eigenvalue weighted by Gasteiger charge is -2.25. The minimum Gasteiger partial charge on any atom is -0.492 e. The van der Waals surface area contributed by atoms with Gasteiger partial charge in [-0.2, -0.15) is 0 Å². The summed E-state index contributed by atoms with van der Waals surface area (Å²) in [5.41, 5.74) is 8.82. The van der Waals surface area contributed by atoms with Gasteiger partial charge < -0.3 is 18.9 Å². The molecule has 3 aromatic carbocycles. The highest BCUT2D eigenvalue weighted by molar-refractivity contribution is 5.76. The number of esters is 1. The summed E-state index contributed by atoms with van der Waals surface area (Å²) in [6, 6.07) is 13.8. The molecule has 6 heteroatoms. The third-order valence-corrected chi connectivity index (χ3v) is 8.58. The fourth-order valence-electron chi connectivity index (χ4n) is 6.66. The highest BCUT2D eigenvalue weighted by atomic mass is 19.1. The third kappa shape index (κ3) is 4.91. The second-order valence-electron chi connectivity index (χ2n) is 11.0. The van der Waals surface area contributed by atoms with Gasteiger partial charge in [0.1, 0.15) is 23.4 Å². The van der Waals surface area contributed by atoms with Crippen molar-refractivity contribution in [3.8, 4) is 22.6 Å². The molecule has 1 fully saturated rings. The number of hydrogen-bond acceptors (Lipinski definition) is 5. The van der Waals surface area contributed by atoms with E-state index in [1.54, 1.807) is 6.07 Å². The molecule has 0 radical (unpaired) electrons. The molecular weight excluding hydrogens is 495 g/mol. The summed E-state index contributed by atoms with van der Waals surface area (Å²) in [5.74, 6) is 1.38. The van der Waals surface area contributed by atoms with Crippen LogP contribution in [0.25, 0.3) is 11.1 Å². The van der Waals surface area contributed by atoms with Crippen molar-refractivity contribution in [1.29, 1.82) is 0 Å². The van der Waals surface area contributed by atoms with E-state index in [0.29, 0.717) is 36.0 Å². The van der Waals surface area contributed by atoms with Gasteiger partial charge in [0.05, 0.1) is 20.1 Å². The second kappa shape index (κ2) is 10.6. The monoisotopic (exact) mass is 530 g/mol. The van der Waals surface area contributed by atoms with Crippen molar-refractivity contribution in [2.24, 2.45) is 0 Å². The van der Waals surface area contributed by atoms with Crippen molar-refractivity contribution in [1.82, 2.24) is 0 Å². The predicted molar refractivity (Wildman–Crippen MR) is 147 cm³/mol. The van der Waals surface area contributed by atoms with Gasteiger partial charge in [-0.1, -0.05) is 24.3 Å². The number of ether oxygens (including phenoxy) is 4. The molecule has 5 nitrogen and oxygen atoms in total. The minimum absolute atomic E-state index is 0.0296. The van der Waals surface area contributed by atoms with Crippen molar-refractivity contribution in [3.05, 3.63) is 81.7 Å². The van der Waals surface area contributed by atoms with Crippen molar-refractivity contribution in [2.45, 2.75) is 63.9 Å². The predicted octanol–water partition coefficient (Wildman–Crippen LogP) is 7.11. The van der Waals surface area contributed by atoms with Crippen LogP contribution in [0.1, 0.15) is 77.0 Å². The fraction of sp³-hybridized carbons (Fsp3) is 0.424. The molecule has 0 aromatic heterocycles. The van der Waals surface area contributed by atoms with Gasteiger partial charge in [-0.05, 0) is 91.0 Å². The Bertz CT molecular complexity index is 1380. The maximum absolute atomic E-state index is 15.3. The van der Waals surface area contributed by atoms with Crippen LogP contribution < -0.4 is 9.47 Å². The Labute approximate surface area is 229 Å². The zero-order chi connectivity index (χ0) is 27.1. The molecule has 2 aliphatic heterocycles. The first-order chi connectivity index (χ1) is 18.9. The van der Waals surface area contributed by atoms with E-state index >= 15 is 4.39 Å². The van der Waals surface area contributed by atoms with Gasteiger partial charge in [0.25, 0.3) is 0 Å². The topological polar surface area (TPSA) is 54.0 Å². The van der Waals surface area contributed by atoms with Gasteiger partial charge in [0, 0.05) is 36.3 Å². The molecule has 3 aromatic rings. The lowest BCUT2D eigenvalue weighted by atomic mass is 9.84. The smallest absolute Gasteiger partial charge is 0.306 e. The van der Waals surface area contributed by atoms with Gasteiger partial charge in [0.15, 0.2) is 0 Å². The molecule has 1 unspecified atom stereocenters. The number of benzene rings is 3. The first-order valence-corrected chi connectivity index (χ1v) is 13.9. The maximum atomic E-state index is 15.3. The first kappa shape index (κ1) is 25.9. The van der Waals surface area contributed by atoms with E-state index in [4.69, 9.17) is 18.9 Å². The summed E-state index contributed by atoms with van der Waals surface area (Å²) in [5, 5.41) is 0. The van der Waals surface area contributed by atoms with E-state index in [1.165, 1.54) is 29.4 Å². The number of halogens is 1. The van der Waals surface area contributed by atoms with Gasteiger partial charge in [0.2, 0.25) is 0 Å². The number of fused-ring (bicyclic) bond motifs is 2. The van der Waals surface area contributed by atoms with E-state index in [2.05, 4.69) is 26.0 Å². The SMILES string of the molecule is COC(=O)CC1COc2cc(O[C@@H]3CCc4c(-c5c(C)cc(C6CCOCC6)cc5C)ccc(F)c43)ccc21. The van der Waals surface area contributed by atoms with Crippen LogP contribution in [0.15, 0.2) is 42.5 Å². The van der Waals surface area contributed by atoms with Crippen molar-refractivity contribution in [3.63, 3.8) is 0 Å². The lowest BCUT2D eigenvalue weighted by Crippen LogP contribution is -2.14. The van der Waals surface area contributed by atoms with Crippen molar-refractivity contribution >= 4 is 5.97 Å². The Morgan fingerprint density at radius 2 is 1.79 bits per heavy atom. The van der Waals surface area contributed by atoms with E-state index in [-0.39, 0.29) is 30.2 Å². The molecule has 0 N–H and O–H groups in total. The summed E-state index contributed by atoms with van der Waals surface area (Å²) in [6.07, 6.45) is 3.50. The number of aryl methyl sites for hydroxylation is 2. The summed E-state index contributed by atoms with van der Waals surface area (Å²) < 4.78 is 37.9. The number of hydrogen-bond donors (Lipinski definition) is 0. The molecular formula is C33H35FO5. The van der Waals surface area contributed by atoms with E-state index in [0.717, 1.165) is 49.2 Å². The van der Waals surface area contributed by atoms with Crippen LogP contribution in [0.3, 0.4) is 0 Å². The lowest BCUT2D eigenvalue weighted by molar-refractivity contribution is -0.141. The summed E-state index contributed by atoms with van der Waals surface area (Å²) in [6.45, 7) is 6.41. The summed E-state index contributed by atoms with van der Waals surface area (Å²) in [7, 11) is 1.39. The molecule has 0 saturated carbocycles.